The van der Waals surface area contributed by atoms with Crippen LogP contribution >= 0.6 is 0 Å². The molecular formula is C22H30N2O6. The third kappa shape index (κ3) is 6.66. The summed E-state index contributed by atoms with van der Waals surface area (Å²) < 4.78 is 21.2. The number of rotatable bonds is 10. The topological polar surface area (TPSA) is 101 Å². The molecule has 1 aromatic heterocycles. The lowest BCUT2D eigenvalue weighted by atomic mass is 9.75. The Morgan fingerprint density at radius 1 is 1.23 bits per heavy atom. The van der Waals surface area contributed by atoms with E-state index in [4.69, 9.17) is 18.7 Å². The van der Waals surface area contributed by atoms with Crippen molar-refractivity contribution in [2.45, 2.75) is 52.6 Å². The molecule has 30 heavy (non-hydrogen) atoms. The minimum absolute atomic E-state index is 0.146. The van der Waals surface area contributed by atoms with Crippen molar-refractivity contribution in [3.05, 3.63) is 42.1 Å². The lowest BCUT2D eigenvalue weighted by Crippen LogP contribution is -2.35. The van der Waals surface area contributed by atoms with Gasteiger partial charge in [0.15, 0.2) is 0 Å². The first-order chi connectivity index (χ1) is 14.4. The Kier molecular flexibility index (Phi) is 8.98. The molecule has 2 rings (SSSR count). The molecule has 0 atom stereocenters. The molecule has 0 aliphatic heterocycles. The van der Waals surface area contributed by atoms with Gasteiger partial charge in [-0.05, 0) is 25.8 Å². The number of carbonyl (C=O) groups excluding carboxylic acids is 2. The van der Waals surface area contributed by atoms with E-state index in [1.807, 2.05) is 0 Å². The second kappa shape index (κ2) is 11.4. The Balaban J connectivity index is 2.01. The molecule has 0 radical (unpaired) electrons. The minimum atomic E-state index is -0.463. The van der Waals surface area contributed by atoms with Crippen LogP contribution < -0.4 is 0 Å². The van der Waals surface area contributed by atoms with Crippen LogP contribution in [0.25, 0.3) is 5.57 Å². The van der Waals surface area contributed by atoms with Crippen LogP contribution in [0, 0.1) is 5.41 Å². The molecule has 0 N–H and O–H groups in total. The van der Waals surface area contributed by atoms with Crippen molar-refractivity contribution in [1.82, 2.24) is 10.1 Å². The molecule has 8 heteroatoms. The van der Waals surface area contributed by atoms with Crippen LogP contribution in [0.2, 0.25) is 0 Å². The molecule has 1 aromatic rings. The number of methoxy groups -OCH3 is 1. The SMILES string of the molecule is C=C/C(=C\C(=C/C)C(=O)OC)c1noc(COCC2(COC(C)=O)CCCCC2)n1. The van der Waals surface area contributed by atoms with Crippen LogP contribution in [-0.2, 0) is 30.4 Å². The second-order valence-electron chi connectivity index (χ2n) is 7.38. The quantitative estimate of drug-likeness (QED) is 0.321. The molecule has 1 saturated carbocycles. The summed E-state index contributed by atoms with van der Waals surface area (Å²) in [5.74, 6) is -0.123. The fourth-order valence-electron chi connectivity index (χ4n) is 3.43. The lowest BCUT2D eigenvalue weighted by Gasteiger charge is -2.36. The van der Waals surface area contributed by atoms with Gasteiger partial charge in [0.05, 0.1) is 25.9 Å². The Morgan fingerprint density at radius 2 is 1.97 bits per heavy atom. The highest BCUT2D eigenvalue weighted by Crippen LogP contribution is 2.37. The fourth-order valence-corrected chi connectivity index (χ4v) is 3.43. The summed E-state index contributed by atoms with van der Waals surface area (Å²) >= 11 is 0. The number of allylic oxidation sites excluding steroid dienone is 3. The first-order valence-corrected chi connectivity index (χ1v) is 10.1. The second-order valence-corrected chi connectivity index (χ2v) is 7.38. The molecule has 0 amide bonds. The van der Waals surface area contributed by atoms with Crippen LogP contribution in [0.5, 0.6) is 0 Å². The van der Waals surface area contributed by atoms with Crippen molar-refractivity contribution in [2.24, 2.45) is 5.41 Å². The highest BCUT2D eigenvalue weighted by atomic mass is 16.5. The van der Waals surface area contributed by atoms with E-state index in [-0.39, 0.29) is 18.0 Å². The van der Waals surface area contributed by atoms with Gasteiger partial charge in [0.1, 0.15) is 6.61 Å². The first kappa shape index (κ1) is 23.5. The zero-order chi connectivity index (χ0) is 22.0. The van der Waals surface area contributed by atoms with E-state index in [1.54, 1.807) is 19.1 Å². The number of ether oxygens (including phenoxy) is 3. The van der Waals surface area contributed by atoms with E-state index in [1.165, 1.54) is 26.5 Å². The molecule has 0 unspecified atom stereocenters. The molecule has 0 bridgehead atoms. The molecule has 0 aromatic carbocycles. The van der Waals surface area contributed by atoms with Gasteiger partial charge >= 0.3 is 11.9 Å². The summed E-state index contributed by atoms with van der Waals surface area (Å²) in [6, 6.07) is 0. The van der Waals surface area contributed by atoms with Gasteiger partial charge < -0.3 is 18.7 Å². The van der Waals surface area contributed by atoms with Gasteiger partial charge in [-0.25, -0.2) is 4.79 Å². The summed E-state index contributed by atoms with van der Waals surface area (Å²) in [5, 5.41) is 3.95. The summed E-state index contributed by atoms with van der Waals surface area (Å²) in [4.78, 5) is 27.3. The number of hydrogen-bond acceptors (Lipinski definition) is 8. The highest BCUT2D eigenvalue weighted by Gasteiger charge is 2.34. The van der Waals surface area contributed by atoms with Crippen LogP contribution in [0.3, 0.4) is 0 Å². The number of nitrogens with zero attached hydrogens (tertiary/aromatic N) is 2. The highest BCUT2D eigenvalue weighted by molar-refractivity contribution is 5.94. The third-order valence-electron chi connectivity index (χ3n) is 5.12. The minimum Gasteiger partial charge on any atom is -0.465 e. The molecular weight excluding hydrogens is 388 g/mol. The van der Waals surface area contributed by atoms with E-state index in [0.717, 1.165) is 25.7 Å². The van der Waals surface area contributed by atoms with Crippen LogP contribution in [0.4, 0.5) is 0 Å². The first-order valence-electron chi connectivity index (χ1n) is 10.1. The Morgan fingerprint density at radius 3 is 2.57 bits per heavy atom. The number of carbonyl (C=O) groups is 2. The van der Waals surface area contributed by atoms with Crippen LogP contribution in [0.1, 0.15) is 57.7 Å². The van der Waals surface area contributed by atoms with Gasteiger partial charge in [-0.2, -0.15) is 4.98 Å². The lowest BCUT2D eigenvalue weighted by molar-refractivity contribution is -0.148. The van der Waals surface area contributed by atoms with E-state index >= 15 is 0 Å². The standard InChI is InChI=1S/C22H30N2O6/c1-5-17(12-18(6-2)21(26)27-4)20-23-19(30-24-20)13-28-14-22(15-29-16(3)25)10-8-7-9-11-22/h5-6,12H,1,7-11,13-15H2,2-4H3/b17-12+,18-6+. The smallest absolute Gasteiger partial charge is 0.337 e. The Hall–Kier alpha value is -2.74. The largest absolute Gasteiger partial charge is 0.465 e. The van der Waals surface area contributed by atoms with Crippen molar-refractivity contribution in [3.63, 3.8) is 0 Å². The monoisotopic (exact) mass is 418 g/mol. The fraction of sp³-hybridized carbons (Fsp3) is 0.545. The van der Waals surface area contributed by atoms with Gasteiger partial charge in [0.2, 0.25) is 5.82 Å². The average molecular weight is 418 g/mol. The van der Waals surface area contributed by atoms with Gasteiger partial charge in [0.25, 0.3) is 5.89 Å². The van der Waals surface area contributed by atoms with Crippen molar-refractivity contribution < 1.29 is 28.3 Å². The van der Waals surface area contributed by atoms with Gasteiger partial charge in [-0.3, -0.25) is 4.79 Å². The van der Waals surface area contributed by atoms with E-state index in [2.05, 4.69) is 16.7 Å². The molecule has 1 aliphatic rings. The molecule has 0 spiro atoms. The Labute approximate surface area is 177 Å². The molecule has 0 saturated heterocycles. The van der Waals surface area contributed by atoms with E-state index in [0.29, 0.717) is 36.1 Å². The van der Waals surface area contributed by atoms with E-state index in [9.17, 15) is 9.59 Å². The van der Waals surface area contributed by atoms with E-state index < -0.39 is 5.97 Å². The summed E-state index contributed by atoms with van der Waals surface area (Å²) in [6.07, 6.45) is 10.0. The van der Waals surface area contributed by atoms with Crippen molar-refractivity contribution in [2.75, 3.05) is 20.3 Å². The maximum atomic E-state index is 11.8. The van der Waals surface area contributed by atoms with Gasteiger partial charge in [-0.15, -0.1) is 0 Å². The number of hydrogen-bond donors (Lipinski definition) is 0. The van der Waals surface area contributed by atoms with Crippen LogP contribution in [-0.4, -0.2) is 42.4 Å². The molecule has 1 aliphatic carbocycles. The number of aromatic nitrogens is 2. The maximum Gasteiger partial charge on any atom is 0.337 e. The summed E-state index contributed by atoms with van der Waals surface area (Å²) in [5.41, 5.74) is 0.724. The maximum absolute atomic E-state index is 11.8. The van der Waals surface area contributed by atoms with Gasteiger partial charge in [-0.1, -0.05) is 43.2 Å². The molecule has 164 valence electrons. The Bertz CT molecular complexity index is 802. The molecule has 1 heterocycles. The van der Waals surface area contributed by atoms with Gasteiger partial charge in [0, 0.05) is 17.9 Å². The zero-order valence-corrected chi connectivity index (χ0v) is 17.9. The predicted octanol–water partition coefficient (Wildman–Crippen LogP) is 3.79. The average Bonchev–Trinajstić information content (AvgIpc) is 3.22. The van der Waals surface area contributed by atoms with Crippen LogP contribution in [0.15, 0.2) is 34.9 Å². The van der Waals surface area contributed by atoms with Crippen molar-refractivity contribution >= 4 is 17.5 Å². The van der Waals surface area contributed by atoms with Crippen molar-refractivity contribution in [3.8, 4) is 0 Å². The predicted molar refractivity (Wildman–Crippen MR) is 110 cm³/mol. The normalized spacial score (nSPS) is 16.8. The summed E-state index contributed by atoms with van der Waals surface area (Å²) in [6.45, 7) is 7.85. The third-order valence-corrected chi connectivity index (χ3v) is 5.12. The van der Waals surface area contributed by atoms with Crippen molar-refractivity contribution in [1.29, 1.82) is 0 Å². The molecule has 1 fully saturated rings. The number of esters is 2. The molecule has 8 nitrogen and oxygen atoms in total. The summed E-state index contributed by atoms with van der Waals surface area (Å²) in [7, 11) is 1.32. The zero-order valence-electron chi connectivity index (χ0n) is 17.9.